The Labute approximate surface area is 175 Å². The van der Waals surface area contributed by atoms with Gasteiger partial charge in [0.25, 0.3) is 0 Å². The van der Waals surface area contributed by atoms with Crippen molar-refractivity contribution in [3.05, 3.63) is 64.1 Å². The Kier molecular flexibility index (Phi) is 6.81. The Balaban J connectivity index is 1.63. The fourth-order valence-electron chi connectivity index (χ4n) is 3.08. The van der Waals surface area contributed by atoms with Crippen LogP contribution in [0.15, 0.2) is 48.5 Å². The summed E-state index contributed by atoms with van der Waals surface area (Å²) in [7, 11) is 0. The molecule has 3 amide bonds. The minimum Gasteiger partial charge on any atom is -0.331 e. The minimum atomic E-state index is -0.352. The minimum absolute atomic E-state index is 0.0381. The first-order valence-corrected chi connectivity index (χ1v) is 10.1. The van der Waals surface area contributed by atoms with Crippen LogP contribution in [-0.2, 0) is 4.79 Å². The van der Waals surface area contributed by atoms with E-state index in [0.29, 0.717) is 28.2 Å². The van der Waals surface area contributed by atoms with Crippen LogP contribution >= 0.6 is 23.2 Å². The predicted molar refractivity (Wildman–Crippen MR) is 113 cm³/mol. The Morgan fingerprint density at radius 2 is 1.71 bits per heavy atom. The third-order valence-electron chi connectivity index (χ3n) is 4.76. The molecule has 1 atom stereocenters. The number of hydrogen-bond donors (Lipinski definition) is 2. The molecule has 1 aliphatic rings. The molecule has 2 aromatic rings. The second-order valence-electron chi connectivity index (χ2n) is 6.83. The van der Waals surface area contributed by atoms with Crippen LogP contribution in [0, 0.1) is 5.92 Å². The van der Waals surface area contributed by atoms with Crippen LogP contribution in [0.25, 0.3) is 0 Å². The molecule has 1 unspecified atom stereocenters. The second-order valence-corrected chi connectivity index (χ2v) is 7.65. The van der Waals surface area contributed by atoms with Crippen LogP contribution in [0.3, 0.4) is 0 Å². The van der Waals surface area contributed by atoms with Crippen LogP contribution in [0.1, 0.15) is 31.4 Å². The Morgan fingerprint density at radius 1 is 1.07 bits per heavy atom. The molecule has 7 heteroatoms. The number of nitrogens with one attached hydrogen (secondary N) is 2. The quantitative estimate of drug-likeness (QED) is 0.654. The van der Waals surface area contributed by atoms with E-state index in [1.807, 2.05) is 37.3 Å². The average molecular weight is 420 g/mol. The van der Waals surface area contributed by atoms with Crippen molar-refractivity contribution in [1.82, 2.24) is 10.2 Å². The average Bonchev–Trinajstić information content (AvgIpc) is 3.53. The van der Waals surface area contributed by atoms with Crippen molar-refractivity contribution < 1.29 is 9.59 Å². The number of carbonyl (C=O) groups is 2. The number of para-hydroxylation sites is 1. The summed E-state index contributed by atoms with van der Waals surface area (Å²) in [5.41, 5.74) is 1.44. The van der Waals surface area contributed by atoms with Crippen molar-refractivity contribution in [2.24, 2.45) is 5.92 Å². The fourth-order valence-corrected chi connectivity index (χ4v) is 3.58. The SMILES string of the molecule is CCN(CC(=O)Nc1c(Cl)cccc1Cl)C(=O)NC(c1ccccc1)C1CC1. The van der Waals surface area contributed by atoms with Crippen molar-refractivity contribution in [2.75, 3.05) is 18.4 Å². The van der Waals surface area contributed by atoms with E-state index in [-0.39, 0.29) is 24.5 Å². The van der Waals surface area contributed by atoms with Gasteiger partial charge in [0.05, 0.1) is 21.8 Å². The zero-order chi connectivity index (χ0) is 20.1. The second kappa shape index (κ2) is 9.30. The number of nitrogens with zero attached hydrogens (tertiary/aromatic N) is 1. The first-order valence-electron chi connectivity index (χ1n) is 9.33. The van der Waals surface area contributed by atoms with Gasteiger partial charge in [0.15, 0.2) is 0 Å². The van der Waals surface area contributed by atoms with Gasteiger partial charge in [0.1, 0.15) is 6.54 Å². The van der Waals surface area contributed by atoms with Crippen molar-refractivity contribution >= 4 is 40.8 Å². The lowest BCUT2D eigenvalue weighted by Gasteiger charge is -2.25. The molecule has 0 spiro atoms. The van der Waals surface area contributed by atoms with Crippen molar-refractivity contribution in [2.45, 2.75) is 25.8 Å². The van der Waals surface area contributed by atoms with E-state index in [1.165, 1.54) is 4.90 Å². The van der Waals surface area contributed by atoms with Crippen LogP contribution in [0.2, 0.25) is 10.0 Å². The van der Waals surface area contributed by atoms with Gasteiger partial charge >= 0.3 is 6.03 Å². The fraction of sp³-hybridized carbons (Fsp3) is 0.333. The largest absolute Gasteiger partial charge is 0.331 e. The standard InChI is InChI=1S/C21H23Cl2N3O2/c1-2-26(13-18(27)24-20-16(22)9-6-10-17(20)23)21(28)25-19(15-11-12-15)14-7-4-3-5-8-14/h3-10,15,19H,2,11-13H2,1H3,(H,24,27)(H,25,28). The molecular formula is C21H23Cl2N3O2. The summed E-state index contributed by atoms with van der Waals surface area (Å²) in [5, 5.41) is 6.49. The summed E-state index contributed by atoms with van der Waals surface area (Å²) in [4.78, 5) is 26.7. The molecule has 1 fully saturated rings. The molecule has 148 valence electrons. The number of likely N-dealkylation sites (N-methyl/N-ethyl adjacent to an activating group) is 1. The molecular weight excluding hydrogens is 397 g/mol. The van der Waals surface area contributed by atoms with E-state index in [1.54, 1.807) is 18.2 Å². The highest BCUT2D eigenvalue weighted by atomic mass is 35.5. The number of carbonyl (C=O) groups excluding carboxylic acids is 2. The summed E-state index contributed by atoms with van der Waals surface area (Å²) >= 11 is 12.2. The van der Waals surface area contributed by atoms with Gasteiger partial charge in [0, 0.05) is 6.54 Å². The van der Waals surface area contributed by atoms with Gasteiger partial charge in [-0.2, -0.15) is 0 Å². The van der Waals surface area contributed by atoms with Crippen LogP contribution < -0.4 is 10.6 Å². The molecule has 0 radical (unpaired) electrons. The normalized spacial score (nSPS) is 14.2. The molecule has 28 heavy (non-hydrogen) atoms. The van der Waals surface area contributed by atoms with E-state index < -0.39 is 0 Å². The smallest absolute Gasteiger partial charge is 0.318 e. The number of hydrogen-bond acceptors (Lipinski definition) is 2. The van der Waals surface area contributed by atoms with Gasteiger partial charge in [-0.1, -0.05) is 59.6 Å². The Hall–Kier alpha value is -2.24. The zero-order valence-electron chi connectivity index (χ0n) is 15.6. The maximum absolute atomic E-state index is 12.8. The van der Waals surface area contributed by atoms with E-state index in [9.17, 15) is 9.59 Å². The number of rotatable bonds is 7. The van der Waals surface area contributed by atoms with E-state index in [4.69, 9.17) is 23.2 Å². The van der Waals surface area contributed by atoms with E-state index in [0.717, 1.165) is 18.4 Å². The maximum Gasteiger partial charge on any atom is 0.318 e. The van der Waals surface area contributed by atoms with Crippen molar-refractivity contribution in [3.63, 3.8) is 0 Å². The molecule has 0 bridgehead atoms. The number of urea groups is 1. The summed E-state index contributed by atoms with van der Waals surface area (Å²) in [6.45, 7) is 2.15. The summed E-state index contributed by atoms with van der Waals surface area (Å²) in [6, 6.07) is 14.6. The molecule has 1 saturated carbocycles. The molecule has 0 aromatic heterocycles. The van der Waals surface area contributed by atoms with Crippen molar-refractivity contribution in [1.29, 1.82) is 0 Å². The van der Waals surface area contributed by atoms with Crippen LogP contribution in [0.4, 0.5) is 10.5 Å². The highest BCUT2D eigenvalue weighted by molar-refractivity contribution is 6.39. The van der Waals surface area contributed by atoms with Gasteiger partial charge in [-0.15, -0.1) is 0 Å². The number of benzene rings is 2. The highest BCUT2D eigenvalue weighted by Gasteiger charge is 2.34. The van der Waals surface area contributed by atoms with Crippen LogP contribution in [-0.4, -0.2) is 29.9 Å². The topological polar surface area (TPSA) is 61.4 Å². The Morgan fingerprint density at radius 3 is 2.29 bits per heavy atom. The zero-order valence-corrected chi connectivity index (χ0v) is 17.1. The van der Waals surface area contributed by atoms with Gasteiger partial charge in [-0.25, -0.2) is 4.79 Å². The van der Waals surface area contributed by atoms with Crippen LogP contribution in [0.5, 0.6) is 0 Å². The highest BCUT2D eigenvalue weighted by Crippen LogP contribution is 2.41. The predicted octanol–water partition coefficient (Wildman–Crippen LogP) is 5.11. The van der Waals surface area contributed by atoms with Gasteiger partial charge in [-0.3, -0.25) is 4.79 Å². The maximum atomic E-state index is 12.8. The number of amides is 3. The third-order valence-corrected chi connectivity index (χ3v) is 5.39. The van der Waals surface area contributed by atoms with Crippen molar-refractivity contribution in [3.8, 4) is 0 Å². The molecule has 1 aliphatic carbocycles. The summed E-state index contributed by atoms with van der Waals surface area (Å²) < 4.78 is 0. The van der Waals surface area contributed by atoms with E-state index in [2.05, 4.69) is 10.6 Å². The lowest BCUT2D eigenvalue weighted by atomic mass is 10.0. The molecule has 0 saturated heterocycles. The number of halogens is 2. The van der Waals surface area contributed by atoms with Gasteiger partial charge in [0.2, 0.25) is 5.91 Å². The molecule has 2 aromatic carbocycles. The van der Waals surface area contributed by atoms with E-state index >= 15 is 0 Å². The first-order chi connectivity index (χ1) is 13.5. The summed E-state index contributed by atoms with van der Waals surface area (Å²) in [6.07, 6.45) is 2.19. The third kappa shape index (κ3) is 5.18. The molecule has 0 aliphatic heterocycles. The first kappa shape index (κ1) is 20.5. The number of anilines is 1. The molecule has 3 rings (SSSR count). The van der Waals surface area contributed by atoms with Gasteiger partial charge < -0.3 is 15.5 Å². The lowest BCUT2D eigenvalue weighted by molar-refractivity contribution is -0.116. The monoisotopic (exact) mass is 419 g/mol. The summed E-state index contributed by atoms with van der Waals surface area (Å²) in [5.74, 6) is 0.0931. The Bertz CT molecular complexity index is 821. The van der Waals surface area contributed by atoms with Gasteiger partial charge in [-0.05, 0) is 43.4 Å². The molecule has 5 nitrogen and oxygen atoms in total. The lowest BCUT2D eigenvalue weighted by Crippen LogP contribution is -2.45. The molecule has 0 heterocycles. The molecule has 2 N–H and O–H groups in total.